The molecule has 2 aliphatic heterocycles. The van der Waals surface area contributed by atoms with E-state index >= 15 is 0 Å². The Hall–Kier alpha value is -2.11. The normalized spacial score (nSPS) is 22.3. The summed E-state index contributed by atoms with van der Waals surface area (Å²) in [6, 6.07) is 7.51. The molecule has 1 fully saturated rings. The van der Waals surface area contributed by atoms with Crippen LogP contribution < -0.4 is 0 Å². The van der Waals surface area contributed by atoms with Crippen LogP contribution in [0.3, 0.4) is 0 Å². The summed E-state index contributed by atoms with van der Waals surface area (Å²) in [5, 5.41) is 4.75. The van der Waals surface area contributed by atoms with Gasteiger partial charge in [-0.3, -0.25) is 0 Å². The summed E-state index contributed by atoms with van der Waals surface area (Å²) in [5.41, 5.74) is 0.895. The predicted molar refractivity (Wildman–Crippen MR) is 98.4 cm³/mol. The van der Waals surface area contributed by atoms with Gasteiger partial charge in [-0.05, 0) is 50.7 Å². The monoisotopic (exact) mass is 359 g/mol. The lowest BCUT2D eigenvalue weighted by Crippen LogP contribution is -2.30. The van der Waals surface area contributed by atoms with Crippen molar-refractivity contribution in [3.63, 3.8) is 0 Å². The van der Waals surface area contributed by atoms with Crippen LogP contribution in [0.5, 0.6) is 0 Å². The van der Waals surface area contributed by atoms with Crippen LogP contribution in [0.2, 0.25) is 5.02 Å². The van der Waals surface area contributed by atoms with Gasteiger partial charge in [0, 0.05) is 17.1 Å². The molecule has 2 unspecified atom stereocenters. The number of benzene rings is 1. The maximum Gasteiger partial charge on any atom is 0.231 e. The summed E-state index contributed by atoms with van der Waals surface area (Å²) in [6.45, 7) is 5.63. The number of hydrogen-bond donors (Lipinski definition) is 0. The van der Waals surface area contributed by atoms with Crippen LogP contribution >= 0.6 is 11.6 Å². The summed E-state index contributed by atoms with van der Waals surface area (Å²) < 4.78 is 10.2. The first-order chi connectivity index (χ1) is 12.2. The fourth-order valence-corrected chi connectivity index (χ4v) is 3.01. The van der Waals surface area contributed by atoms with E-state index in [-0.39, 0.29) is 6.10 Å². The van der Waals surface area contributed by atoms with E-state index in [1.807, 2.05) is 30.3 Å². The molecule has 0 spiro atoms. The Morgan fingerprint density at radius 3 is 2.84 bits per heavy atom. The van der Waals surface area contributed by atoms with E-state index in [1.54, 1.807) is 12.3 Å². The SMILES string of the molecule is C=CC1C=CO1.CN1CCCC(c2nc(-c3cccc(Cl)c3)no2)C1. The Bertz CT molecular complexity index is 744. The highest BCUT2D eigenvalue weighted by Crippen LogP contribution is 2.27. The standard InChI is InChI=1S/C14H16ClN3O.C5H6O/c1-18-7-3-5-11(9-18)14-16-13(17-19-14)10-4-2-6-12(15)8-10;1-2-5-3-4-6-5/h2,4,6,8,11H,3,5,7,9H2,1H3;2-5H,1H2. The number of likely N-dealkylation sites (N-methyl/N-ethyl adjacent to an activating group) is 1. The van der Waals surface area contributed by atoms with Crippen molar-refractivity contribution in [2.75, 3.05) is 20.1 Å². The van der Waals surface area contributed by atoms with Crippen LogP contribution in [0.4, 0.5) is 0 Å². The Morgan fingerprint density at radius 1 is 1.40 bits per heavy atom. The highest BCUT2D eigenvalue weighted by Gasteiger charge is 2.24. The average molecular weight is 360 g/mol. The Balaban J connectivity index is 0.000000258. The number of halogens is 1. The predicted octanol–water partition coefficient (Wildman–Crippen LogP) is 4.28. The van der Waals surface area contributed by atoms with Crippen molar-refractivity contribution in [1.29, 1.82) is 0 Å². The molecule has 4 rings (SSSR count). The summed E-state index contributed by atoms with van der Waals surface area (Å²) in [6.07, 6.45) is 7.83. The molecule has 0 saturated carbocycles. The number of ether oxygens (including phenoxy) is 1. The van der Waals surface area contributed by atoms with E-state index in [0.717, 1.165) is 31.0 Å². The van der Waals surface area contributed by atoms with Crippen molar-refractivity contribution in [2.45, 2.75) is 24.9 Å². The summed E-state index contributed by atoms with van der Waals surface area (Å²) in [4.78, 5) is 6.82. The molecule has 0 aliphatic carbocycles. The largest absolute Gasteiger partial charge is 0.490 e. The first kappa shape index (κ1) is 17.7. The van der Waals surface area contributed by atoms with Gasteiger partial charge in [-0.25, -0.2) is 0 Å². The molecule has 6 heteroatoms. The van der Waals surface area contributed by atoms with Gasteiger partial charge in [0.15, 0.2) is 0 Å². The first-order valence-corrected chi connectivity index (χ1v) is 8.76. The lowest BCUT2D eigenvalue weighted by molar-refractivity contribution is 0.180. The molecule has 0 bridgehead atoms. The molecule has 5 nitrogen and oxygen atoms in total. The van der Waals surface area contributed by atoms with E-state index < -0.39 is 0 Å². The Labute approximate surface area is 152 Å². The van der Waals surface area contributed by atoms with Crippen molar-refractivity contribution in [3.05, 3.63) is 60.2 Å². The topological polar surface area (TPSA) is 51.4 Å². The lowest BCUT2D eigenvalue weighted by atomic mass is 9.98. The molecule has 0 radical (unpaired) electrons. The number of piperidine rings is 1. The molecule has 132 valence electrons. The zero-order valence-electron chi connectivity index (χ0n) is 14.3. The van der Waals surface area contributed by atoms with E-state index in [9.17, 15) is 0 Å². The van der Waals surface area contributed by atoms with Gasteiger partial charge in [0.05, 0.1) is 12.2 Å². The fraction of sp³-hybridized carbons (Fsp3) is 0.368. The van der Waals surface area contributed by atoms with Crippen LogP contribution in [0.15, 0.2) is 53.8 Å². The first-order valence-electron chi connectivity index (χ1n) is 8.38. The summed E-state index contributed by atoms with van der Waals surface area (Å²) >= 11 is 5.98. The molecule has 2 aromatic rings. The van der Waals surface area contributed by atoms with Gasteiger partial charge in [-0.15, -0.1) is 0 Å². The Morgan fingerprint density at radius 2 is 2.24 bits per heavy atom. The van der Waals surface area contributed by atoms with Crippen molar-refractivity contribution in [1.82, 2.24) is 15.0 Å². The molecule has 0 N–H and O–H groups in total. The van der Waals surface area contributed by atoms with Gasteiger partial charge < -0.3 is 14.2 Å². The average Bonchev–Trinajstić information content (AvgIpc) is 3.04. The summed E-state index contributed by atoms with van der Waals surface area (Å²) in [7, 11) is 2.13. The van der Waals surface area contributed by atoms with Gasteiger partial charge in [-0.1, -0.05) is 35.5 Å². The molecule has 25 heavy (non-hydrogen) atoms. The van der Waals surface area contributed by atoms with Gasteiger partial charge in [0.2, 0.25) is 11.7 Å². The second kappa shape index (κ2) is 8.32. The summed E-state index contributed by atoms with van der Waals surface area (Å²) in [5.74, 6) is 1.70. The van der Waals surface area contributed by atoms with E-state index in [4.69, 9.17) is 20.9 Å². The molecular weight excluding hydrogens is 338 g/mol. The van der Waals surface area contributed by atoms with Gasteiger partial charge >= 0.3 is 0 Å². The number of rotatable bonds is 3. The van der Waals surface area contributed by atoms with Gasteiger partial charge in [0.25, 0.3) is 0 Å². The van der Waals surface area contributed by atoms with E-state index in [1.165, 1.54) is 6.42 Å². The van der Waals surface area contributed by atoms with Gasteiger partial charge in [0.1, 0.15) is 6.10 Å². The number of aromatic nitrogens is 2. The second-order valence-electron chi connectivity index (χ2n) is 6.23. The van der Waals surface area contributed by atoms with Crippen LogP contribution in [0, 0.1) is 0 Å². The smallest absolute Gasteiger partial charge is 0.231 e. The third kappa shape index (κ3) is 4.71. The molecule has 1 aromatic carbocycles. The minimum atomic E-state index is 0.199. The van der Waals surface area contributed by atoms with Gasteiger partial charge in [-0.2, -0.15) is 4.98 Å². The lowest BCUT2D eigenvalue weighted by Gasteiger charge is -2.27. The highest BCUT2D eigenvalue weighted by atomic mass is 35.5. The number of hydrogen-bond acceptors (Lipinski definition) is 5. The van der Waals surface area contributed by atoms with Crippen LogP contribution in [0.25, 0.3) is 11.4 Å². The quantitative estimate of drug-likeness (QED) is 0.765. The molecule has 1 saturated heterocycles. The molecule has 2 atom stereocenters. The molecule has 2 aliphatic rings. The zero-order valence-corrected chi connectivity index (χ0v) is 15.0. The second-order valence-corrected chi connectivity index (χ2v) is 6.67. The fourth-order valence-electron chi connectivity index (χ4n) is 2.82. The number of likely N-dealkylation sites (tertiary alicyclic amines) is 1. The van der Waals surface area contributed by atoms with Crippen LogP contribution in [-0.2, 0) is 4.74 Å². The zero-order chi connectivity index (χ0) is 17.6. The van der Waals surface area contributed by atoms with E-state index in [0.29, 0.717) is 16.8 Å². The molecular formula is C19H22ClN3O2. The van der Waals surface area contributed by atoms with Crippen LogP contribution in [0.1, 0.15) is 24.7 Å². The highest BCUT2D eigenvalue weighted by molar-refractivity contribution is 6.30. The minimum absolute atomic E-state index is 0.199. The molecule has 0 amide bonds. The molecule has 1 aromatic heterocycles. The maximum absolute atomic E-state index is 5.98. The maximum atomic E-state index is 5.98. The third-order valence-electron chi connectivity index (χ3n) is 4.23. The third-order valence-corrected chi connectivity index (χ3v) is 4.47. The van der Waals surface area contributed by atoms with Crippen molar-refractivity contribution < 1.29 is 9.26 Å². The molecule has 3 heterocycles. The van der Waals surface area contributed by atoms with Crippen LogP contribution in [-0.4, -0.2) is 41.3 Å². The van der Waals surface area contributed by atoms with Crippen molar-refractivity contribution >= 4 is 11.6 Å². The van der Waals surface area contributed by atoms with Crippen molar-refractivity contribution in [2.24, 2.45) is 0 Å². The number of nitrogens with zero attached hydrogens (tertiary/aromatic N) is 3. The Kier molecular flexibility index (Phi) is 5.89. The van der Waals surface area contributed by atoms with E-state index in [2.05, 4.69) is 28.7 Å². The minimum Gasteiger partial charge on any atom is -0.490 e. The van der Waals surface area contributed by atoms with Crippen molar-refractivity contribution in [3.8, 4) is 11.4 Å².